The molecule has 1 saturated carbocycles. The highest BCUT2D eigenvalue weighted by molar-refractivity contribution is 6.42. The Morgan fingerprint density at radius 3 is 2.69 bits per heavy atom. The highest BCUT2D eigenvalue weighted by Crippen LogP contribution is 2.32. The summed E-state index contributed by atoms with van der Waals surface area (Å²) in [5.74, 6) is 0.716. The fourth-order valence-electron chi connectivity index (χ4n) is 2.16. The van der Waals surface area contributed by atoms with Crippen LogP contribution >= 0.6 is 23.2 Å². The fraction of sp³-hybridized carbons (Fsp3) is 0.538. The van der Waals surface area contributed by atoms with Gasteiger partial charge in [-0.3, -0.25) is 0 Å². The van der Waals surface area contributed by atoms with E-state index in [-0.39, 0.29) is 6.10 Å². The van der Waals surface area contributed by atoms with E-state index in [2.05, 4.69) is 0 Å². The van der Waals surface area contributed by atoms with Crippen LogP contribution in [0.2, 0.25) is 10.0 Å². The number of rotatable bonds is 4. The van der Waals surface area contributed by atoms with Gasteiger partial charge in [-0.2, -0.15) is 0 Å². The number of aliphatic hydroxyl groups is 1. The van der Waals surface area contributed by atoms with Crippen molar-refractivity contribution in [3.63, 3.8) is 0 Å². The smallest absolute Gasteiger partial charge is 0.0625 e. The molecule has 1 unspecified atom stereocenters. The van der Waals surface area contributed by atoms with Crippen molar-refractivity contribution in [3.05, 3.63) is 33.8 Å². The zero-order valence-electron chi connectivity index (χ0n) is 9.13. The third-order valence-electron chi connectivity index (χ3n) is 3.32. The van der Waals surface area contributed by atoms with Crippen LogP contribution in [0.15, 0.2) is 18.2 Å². The van der Waals surface area contributed by atoms with Gasteiger partial charge in [0, 0.05) is 0 Å². The van der Waals surface area contributed by atoms with Crippen LogP contribution in [0, 0.1) is 5.92 Å². The van der Waals surface area contributed by atoms with Crippen molar-refractivity contribution >= 4 is 23.2 Å². The summed E-state index contributed by atoms with van der Waals surface area (Å²) in [5.41, 5.74) is 0.945. The van der Waals surface area contributed by atoms with E-state index in [1.54, 1.807) is 6.07 Å². The Morgan fingerprint density at radius 2 is 2.06 bits per heavy atom. The Bertz CT molecular complexity index is 361. The first-order chi connectivity index (χ1) is 7.66. The number of benzene rings is 1. The lowest BCUT2D eigenvalue weighted by molar-refractivity contribution is 0.118. The SMILES string of the molecule is OC(Cc1cccc(Cl)c1Cl)CC1CCC1. The molecule has 1 N–H and O–H groups in total. The average Bonchev–Trinajstić information content (AvgIpc) is 2.19. The summed E-state index contributed by atoms with van der Waals surface area (Å²) >= 11 is 12.0. The summed E-state index contributed by atoms with van der Waals surface area (Å²) in [4.78, 5) is 0. The van der Waals surface area contributed by atoms with Gasteiger partial charge >= 0.3 is 0 Å². The number of hydrogen-bond donors (Lipinski definition) is 1. The summed E-state index contributed by atoms with van der Waals surface area (Å²) in [6.45, 7) is 0. The van der Waals surface area contributed by atoms with E-state index in [1.807, 2.05) is 12.1 Å². The van der Waals surface area contributed by atoms with Crippen LogP contribution in [-0.4, -0.2) is 11.2 Å². The van der Waals surface area contributed by atoms with Gasteiger partial charge in [0.25, 0.3) is 0 Å². The van der Waals surface area contributed by atoms with Crippen molar-refractivity contribution in [2.75, 3.05) is 0 Å². The summed E-state index contributed by atoms with van der Waals surface area (Å²) in [7, 11) is 0. The Kier molecular flexibility index (Phi) is 4.12. The third-order valence-corrected chi connectivity index (χ3v) is 4.18. The maximum Gasteiger partial charge on any atom is 0.0625 e. The van der Waals surface area contributed by atoms with Crippen molar-refractivity contribution in [1.82, 2.24) is 0 Å². The van der Waals surface area contributed by atoms with Gasteiger partial charge in [0.1, 0.15) is 0 Å². The molecule has 0 aromatic heterocycles. The first-order valence-electron chi connectivity index (χ1n) is 5.77. The predicted molar refractivity (Wildman–Crippen MR) is 68.1 cm³/mol. The molecule has 88 valence electrons. The van der Waals surface area contributed by atoms with Crippen LogP contribution in [0.3, 0.4) is 0 Å². The van der Waals surface area contributed by atoms with Crippen molar-refractivity contribution in [1.29, 1.82) is 0 Å². The molecule has 0 saturated heterocycles. The Balaban J connectivity index is 1.94. The third kappa shape index (κ3) is 2.91. The Hall–Kier alpha value is -0.240. The van der Waals surface area contributed by atoms with Gasteiger partial charge in [0.2, 0.25) is 0 Å². The van der Waals surface area contributed by atoms with Crippen LogP contribution in [0.4, 0.5) is 0 Å². The molecule has 16 heavy (non-hydrogen) atoms. The van der Waals surface area contributed by atoms with Crippen molar-refractivity contribution in [2.45, 2.75) is 38.2 Å². The molecule has 1 nitrogen and oxygen atoms in total. The van der Waals surface area contributed by atoms with Crippen LogP contribution < -0.4 is 0 Å². The van der Waals surface area contributed by atoms with E-state index in [4.69, 9.17) is 23.2 Å². The van der Waals surface area contributed by atoms with Gasteiger partial charge in [-0.05, 0) is 30.4 Å². The molecule has 3 heteroatoms. The Morgan fingerprint density at radius 1 is 1.31 bits per heavy atom. The van der Waals surface area contributed by atoms with E-state index >= 15 is 0 Å². The lowest BCUT2D eigenvalue weighted by atomic mass is 9.80. The largest absolute Gasteiger partial charge is 0.393 e. The highest BCUT2D eigenvalue weighted by atomic mass is 35.5. The van der Waals surface area contributed by atoms with Gasteiger partial charge in [-0.1, -0.05) is 54.6 Å². The summed E-state index contributed by atoms with van der Waals surface area (Å²) in [6, 6.07) is 5.57. The van der Waals surface area contributed by atoms with Gasteiger partial charge < -0.3 is 5.11 Å². The first kappa shape index (κ1) is 12.2. The van der Waals surface area contributed by atoms with Gasteiger partial charge in [-0.25, -0.2) is 0 Å². The molecule has 0 amide bonds. The number of halogens is 2. The monoisotopic (exact) mass is 258 g/mol. The molecule has 0 radical (unpaired) electrons. The van der Waals surface area contributed by atoms with E-state index in [0.717, 1.165) is 12.0 Å². The van der Waals surface area contributed by atoms with Crippen LogP contribution in [0.25, 0.3) is 0 Å². The zero-order chi connectivity index (χ0) is 11.5. The molecule has 1 fully saturated rings. The highest BCUT2D eigenvalue weighted by Gasteiger charge is 2.21. The molecular weight excluding hydrogens is 243 g/mol. The van der Waals surface area contributed by atoms with Gasteiger partial charge in [-0.15, -0.1) is 0 Å². The quantitative estimate of drug-likeness (QED) is 0.863. The fourth-order valence-corrected chi connectivity index (χ4v) is 2.55. The lowest BCUT2D eigenvalue weighted by Crippen LogP contribution is -2.21. The minimum Gasteiger partial charge on any atom is -0.393 e. The molecule has 0 aliphatic heterocycles. The molecule has 2 rings (SSSR count). The van der Waals surface area contributed by atoms with Gasteiger partial charge in [0.15, 0.2) is 0 Å². The van der Waals surface area contributed by atoms with Gasteiger partial charge in [0.05, 0.1) is 16.1 Å². The predicted octanol–water partition coefficient (Wildman–Crippen LogP) is 4.09. The van der Waals surface area contributed by atoms with Crippen LogP contribution in [-0.2, 0) is 6.42 Å². The van der Waals surface area contributed by atoms with E-state index in [9.17, 15) is 5.11 Å². The second-order valence-electron chi connectivity index (χ2n) is 4.60. The minimum atomic E-state index is -0.290. The van der Waals surface area contributed by atoms with Crippen LogP contribution in [0.5, 0.6) is 0 Å². The molecular formula is C13H16Cl2O. The summed E-state index contributed by atoms with van der Waals surface area (Å²) < 4.78 is 0. The van der Waals surface area contributed by atoms with Crippen molar-refractivity contribution < 1.29 is 5.11 Å². The average molecular weight is 259 g/mol. The molecule has 1 atom stereocenters. The topological polar surface area (TPSA) is 20.2 Å². The molecule has 1 aliphatic rings. The first-order valence-corrected chi connectivity index (χ1v) is 6.53. The van der Waals surface area contributed by atoms with E-state index in [0.29, 0.717) is 22.4 Å². The maximum absolute atomic E-state index is 9.95. The Labute approximate surface area is 106 Å². The second-order valence-corrected chi connectivity index (χ2v) is 5.39. The number of aliphatic hydroxyl groups excluding tert-OH is 1. The van der Waals surface area contributed by atoms with Crippen molar-refractivity contribution in [2.24, 2.45) is 5.92 Å². The normalized spacial score (nSPS) is 18.2. The molecule has 0 heterocycles. The van der Waals surface area contributed by atoms with Crippen molar-refractivity contribution in [3.8, 4) is 0 Å². The van der Waals surface area contributed by atoms with E-state index in [1.165, 1.54) is 19.3 Å². The van der Waals surface area contributed by atoms with Crippen LogP contribution in [0.1, 0.15) is 31.2 Å². The minimum absolute atomic E-state index is 0.290. The summed E-state index contributed by atoms with van der Waals surface area (Å²) in [6.07, 6.45) is 5.05. The number of hydrogen-bond acceptors (Lipinski definition) is 1. The maximum atomic E-state index is 9.95. The summed E-state index contributed by atoms with van der Waals surface area (Å²) in [5, 5.41) is 11.1. The standard InChI is InChI=1S/C13H16Cl2O/c14-12-6-2-5-10(13(12)15)8-11(16)7-9-3-1-4-9/h2,5-6,9,11,16H,1,3-4,7-8H2. The molecule has 1 aliphatic carbocycles. The lowest BCUT2D eigenvalue weighted by Gasteiger charge is -2.27. The second kappa shape index (κ2) is 5.39. The molecule has 1 aromatic carbocycles. The van der Waals surface area contributed by atoms with E-state index < -0.39 is 0 Å². The molecule has 0 bridgehead atoms. The molecule has 1 aromatic rings. The zero-order valence-corrected chi connectivity index (χ0v) is 10.6. The molecule has 0 spiro atoms.